The van der Waals surface area contributed by atoms with Crippen LogP contribution in [0.5, 0.6) is 0 Å². The normalized spacial score (nSPS) is 28.0. The Kier molecular flexibility index (Phi) is 4.96. The molecule has 0 spiro atoms. The zero-order chi connectivity index (χ0) is 15.5. The topological polar surface area (TPSA) is 47.6 Å². The predicted molar refractivity (Wildman–Crippen MR) is 80.4 cm³/mol. The molecule has 1 aromatic carbocycles. The summed E-state index contributed by atoms with van der Waals surface area (Å²) in [6.45, 7) is 1.25. The summed E-state index contributed by atoms with van der Waals surface area (Å²) in [4.78, 5) is 12.1. The van der Waals surface area contributed by atoms with Gasteiger partial charge in [-0.05, 0) is 31.4 Å². The molecule has 1 heterocycles. The van der Waals surface area contributed by atoms with Gasteiger partial charge in [-0.15, -0.1) is 0 Å². The SMILES string of the molecule is O=C(Cc1c(F)cccc1Cl)N[C@@H]1CC[C@H]2OCCO[C@@H]2C1. The molecule has 1 aromatic rings. The van der Waals surface area contributed by atoms with E-state index in [4.69, 9.17) is 21.1 Å². The highest BCUT2D eigenvalue weighted by Gasteiger charge is 2.34. The number of hydrogen-bond donors (Lipinski definition) is 1. The van der Waals surface area contributed by atoms with Crippen molar-refractivity contribution in [2.45, 2.75) is 43.9 Å². The smallest absolute Gasteiger partial charge is 0.224 e. The molecule has 1 amide bonds. The van der Waals surface area contributed by atoms with Crippen LogP contribution in [-0.4, -0.2) is 37.4 Å². The van der Waals surface area contributed by atoms with Crippen LogP contribution in [-0.2, 0) is 20.7 Å². The average molecular weight is 328 g/mol. The first-order chi connectivity index (χ1) is 10.6. The third kappa shape index (κ3) is 3.59. The van der Waals surface area contributed by atoms with Crippen molar-refractivity contribution < 1.29 is 18.7 Å². The summed E-state index contributed by atoms with van der Waals surface area (Å²) in [5, 5.41) is 3.24. The van der Waals surface area contributed by atoms with E-state index in [0.29, 0.717) is 13.2 Å². The standard InChI is InChI=1S/C16H19ClFNO3/c17-12-2-1-3-13(18)11(12)9-16(20)19-10-4-5-14-15(8-10)22-7-6-21-14/h1-3,10,14-15H,4-9H2,(H,19,20)/t10-,14-,15-/m1/s1. The molecule has 1 aliphatic carbocycles. The molecule has 4 nitrogen and oxygen atoms in total. The fourth-order valence-corrected chi connectivity index (χ4v) is 3.37. The molecule has 2 aliphatic rings. The van der Waals surface area contributed by atoms with Crippen LogP contribution in [0.1, 0.15) is 24.8 Å². The lowest BCUT2D eigenvalue weighted by molar-refractivity contribution is -0.158. The Balaban J connectivity index is 1.56. The van der Waals surface area contributed by atoms with Crippen molar-refractivity contribution >= 4 is 17.5 Å². The molecule has 1 N–H and O–H groups in total. The van der Waals surface area contributed by atoms with Crippen LogP contribution in [0.25, 0.3) is 0 Å². The van der Waals surface area contributed by atoms with Gasteiger partial charge in [0, 0.05) is 16.6 Å². The van der Waals surface area contributed by atoms with Crippen molar-refractivity contribution in [2.75, 3.05) is 13.2 Å². The maximum Gasteiger partial charge on any atom is 0.224 e. The fourth-order valence-electron chi connectivity index (χ4n) is 3.14. The zero-order valence-electron chi connectivity index (χ0n) is 12.2. The summed E-state index contributed by atoms with van der Waals surface area (Å²) >= 11 is 5.95. The number of ether oxygens (including phenoxy) is 2. The third-order valence-electron chi connectivity index (χ3n) is 4.24. The van der Waals surface area contributed by atoms with E-state index < -0.39 is 5.82 Å². The second-order valence-electron chi connectivity index (χ2n) is 5.77. The highest BCUT2D eigenvalue weighted by molar-refractivity contribution is 6.31. The Morgan fingerprint density at radius 2 is 2.05 bits per heavy atom. The molecule has 6 heteroatoms. The second-order valence-corrected chi connectivity index (χ2v) is 6.18. The Morgan fingerprint density at radius 3 is 2.82 bits per heavy atom. The molecule has 22 heavy (non-hydrogen) atoms. The molecule has 3 atom stereocenters. The third-order valence-corrected chi connectivity index (χ3v) is 4.60. The Labute approximate surface area is 133 Å². The maximum absolute atomic E-state index is 13.7. The van der Waals surface area contributed by atoms with Crippen molar-refractivity contribution in [1.82, 2.24) is 5.32 Å². The highest BCUT2D eigenvalue weighted by Crippen LogP contribution is 2.27. The van der Waals surface area contributed by atoms with Gasteiger partial charge in [0.15, 0.2) is 0 Å². The molecule has 1 saturated carbocycles. The summed E-state index contributed by atoms with van der Waals surface area (Å²) in [5.41, 5.74) is 0.243. The van der Waals surface area contributed by atoms with Crippen LogP contribution in [0, 0.1) is 5.82 Å². The molecule has 1 saturated heterocycles. The van der Waals surface area contributed by atoms with Gasteiger partial charge in [0.05, 0.1) is 31.8 Å². The van der Waals surface area contributed by atoms with Crippen LogP contribution in [0.4, 0.5) is 4.39 Å². The first kappa shape index (κ1) is 15.7. The van der Waals surface area contributed by atoms with Gasteiger partial charge in [-0.25, -0.2) is 4.39 Å². The first-order valence-electron chi connectivity index (χ1n) is 7.59. The van der Waals surface area contributed by atoms with E-state index in [9.17, 15) is 9.18 Å². The van der Waals surface area contributed by atoms with E-state index in [0.717, 1.165) is 19.3 Å². The van der Waals surface area contributed by atoms with E-state index >= 15 is 0 Å². The quantitative estimate of drug-likeness (QED) is 0.927. The van der Waals surface area contributed by atoms with Gasteiger partial charge >= 0.3 is 0 Å². The summed E-state index contributed by atoms with van der Waals surface area (Å²) in [6, 6.07) is 4.47. The van der Waals surface area contributed by atoms with Crippen molar-refractivity contribution in [3.8, 4) is 0 Å². The van der Waals surface area contributed by atoms with Crippen LogP contribution in [0.3, 0.4) is 0 Å². The van der Waals surface area contributed by atoms with Crippen molar-refractivity contribution in [3.63, 3.8) is 0 Å². The van der Waals surface area contributed by atoms with Crippen LogP contribution in [0.15, 0.2) is 18.2 Å². The lowest BCUT2D eigenvalue weighted by atomic mass is 9.89. The van der Waals surface area contributed by atoms with Crippen LogP contribution in [0.2, 0.25) is 5.02 Å². The van der Waals surface area contributed by atoms with Crippen LogP contribution < -0.4 is 5.32 Å². The molecule has 0 radical (unpaired) electrons. The zero-order valence-corrected chi connectivity index (χ0v) is 12.9. The predicted octanol–water partition coefficient (Wildman–Crippen LogP) is 2.47. The summed E-state index contributed by atoms with van der Waals surface area (Å²) in [6.07, 6.45) is 2.60. The average Bonchev–Trinajstić information content (AvgIpc) is 2.51. The molecule has 0 aromatic heterocycles. The minimum atomic E-state index is -0.449. The molecular weight excluding hydrogens is 309 g/mol. The Morgan fingerprint density at radius 1 is 1.27 bits per heavy atom. The van der Waals surface area contributed by atoms with Gasteiger partial charge in [-0.1, -0.05) is 17.7 Å². The van der Waals surface area contributed by atoms with Gasteiger partial charge in [0.1, 0.15) is 5.82 Å². The molecule has 120 valence electrons. The van der Waals surface area contributed by atoms with Gasteiger partial charge in [0.2, 0.25) is 5.91 Å². The molecular formula is C16H19ClFNO3. The number of carbonyl (C=O) groups excluding carboxylic acids is 1. The minimum absolute atomic E-state index is 0.0426. The molecule has 3 rings (SSSR count). The lowest BCUT2D eigenvalue weighted by Gasteiger charge is -2.39. The maximum atomic E-state index is 13.7. The van der Waals surface area contributed by atoms with Crippen molar-refractivity contribution in [2.24, 2.45) is 0 Å². The second kappa shape index (κ2) is 6.94. The fraction of sp³-hybridized carbons (Fsp3) is 0.562. The molecule has 0 bridgehead atoms. The molecule has 2 fully saturated rings. The van der Waals surface area contributed by atoms with Crippen molar-refractivity contribution in [1.29, 1.82) is 0 Å². The van der Waals surface area contributed by atoms with Gasteiger partial charge < -0.3 is 14.8 Å². The number of amides is 1. The Bertz CT molecular complexity index is 534. The monoisotopic (exact) mass is 327 g/mol. The number of rotatable bonds is 3. The van der Waals surface area contributed by atoms with Crippen molar-refractivity contribution in [3.05, 3.63) is 34.6 Å². The lowest BCUT2D eigenvalue weighted by Crippen LogP contribution is -2.49. The van der Waals surface area contributed by atoms with Gasteiger partial charge in [0.25, 0.3) is 0 Å². The van der Waals surface area contributed by atoms with Gasteiger partial charge in [-0.3, -0.25) is 4.79 Å². The Hall–Kier alpha value is -1.17. The highest BCUT2D eigenvalue weighted by atomic mass is 35.5. The number of fused-ring (bicyclic) bond motifs is 1. The number of halogens is 2. The van der Waals surface area contributed by atoms with E-state index in [-0.39, 0.29) is 41.2 Å². The van der Waals surface area contributed by atoms with E-state index in [1.807, 2.05) is 0 Å². The van der Waals surface area contributed by atoms with E-state index in [1.54, 1.807) is 6.07 Å². The summed E-state index contributed by atoms with van der Waals surface area (Å²) < 4.78 is 25.1. The number of hydrogen-bond acceptors (Lipinski definition) is 3. The molecule has 1 aliphatic heterocycles. The number of carbonyl (C=O) groups is 1. The van der Waals surface area contributed by atoms with E-state index in [2.05, 4.69) is 5.32 Å². The van der Waals surface area contributed by atoms with Gasteiger partial charge in [-0.2, -0.15) is 0 Å². The number of benzene rings is 1. The number of nitrogens with one attached hydrogen (secondary N) is 1. The molecule has 0 unspecified atom stereocenters. The van der Waals surface area contributed by atoms with E-state index in [1.165, 1.54) is 12.1 Å². The summed E-state index contributed by atoms with van der Waals surface area (Å²) in [5.74, 6) is -0.664. The first-order valence-corrected chi connectivity index (χ1v) is 7.96. The minimum Gasteiger partial charge on any atom is -0.373 e. The van der Waals surface area contributed by atoms with Crippen LogP contribution >= 0.6 is 11.6 Å². The summed E-state index contributed by atoms with van der Waals surface area (Å²) in [7, 11) is 0. The largest absolute Gasteiger partial charge is 0.373 e.